The summed E-state index contributed by atoms with van der Waals surface area (Å²) < 4.78 is 3.80. The summed E-state index contributed by atoms with van der Waals surface area (Å²) >= 11 is 5.22. The summed E-state index contributed by atoms with van der Waals surface area (Å²) in [6.07, 6.45) is 0. The van der Waals surface area contributed by atoms with Gasteiger partial charge >= 0.3 is 63.4 Å². The minimum absolute atomic E-state index is 1.27. The van der Waals surface area contributed by atoms with E-state index < -0.39 is 8.33 Å². The molecule has 52 valence electrons. The number of halogens is 2. The quantitative estimate of drug-likeness (QED) is 0.601. The van der Waals surface area contributed by atoms with Crippen molar-refractivity contribution in [1.29, 1.82) is 0 Å². The van der Waals surface area contributed by atoms with Gasteiger partial charge in [-0.25, -0.2) is 0 Å². The van der Waals surface area contributed by atoms with E-state index in [1.54, 1.807) is 0 Å². The van der Waals surface area contributed by atoms with Crippen LogP contribution in [0.2, 0.25) is 0 Å². The van der Waals surface area contributed by atoms with E-state index in [0.717, 1.165) is 0 Å². The Labute approximate surface area is 63.1 Å². The van der Waals surface area contributed by atoms with Crippen LogP contribution in [0.4, 0.5) is 0 Å². The Bertz CT molecular complexity index is 345. The fourth-order valence-corrected chi connectivity index (χ4v) is 0.261. The summed E-state index contributed by atoms with van der Waals surface area (Å²) in [6, 6.07) is 0. The van der Waals surface area contributed by atoms with Crippen molar-refractivity contribution in [2.75, 3.05) is 0 Å². The van der Waals surface area contributed by atoms with Crippen LogP contribution in [0.15, 0.2) is 0 Å². The van der Waals surface area contributed by atoms with Gasteiger partial charge in [0.15, 0.2) is 0 Å². The van der Waals surface area contributed by atoms with Crippen molar-refractivity contribution < 1.29 is 22.7 Å². The molecule has 0 aliphatic rings. The fraction of sp³-hybridized carbons (Fsp3) is 0. The molecule has 0 aromatic rings. The summed E-state index contributed by atoms with van der Waals surface area (Å²) in [6.45, 7) is 0. The van der Waals surface area contributed by atoms with Gasteiger partial charge in [-0.2, -0.15) is 0 Å². The van der Waals surface area contributed by atoms with E-state index in [0.29, 0.717) is 0 Å². The van der Waals surface area contributed by atoms with Crippen LogP contribution in [0.25, 0.3) is 0 Å². The van der Waals surface area contributed by atoms with E-state index in [4.69, 9.17) is 0 Å². The predicted molar refractivity (Wildman–Crippen MR) is 34.9 cm³/mol. The van der Waals surface area contributed by atoms with Gasteiger partial charge < -0.3 is 0 Å². The van der Waals surface area contributed by atoms with Crippen LogP contribution < -0.4 is 0 Å². The molecule has 0 aromatic carbocycles. The van der Waals surface area contributed by atoms with Gasteiger partial charge in [0.2, 0.25) is 0 Å². The second-order valence-corrected chi connectivity index (χ2v) is 23.2. The molecule has 0 fully saturated rings. The van der Waals surface area contributed by atoms with Crippen LogP contribution >= 0.6 is 27.2 Å². The summed E-state index contributed by atoms with van der Waals surface area (Å²) in [5.74, 6) is 0. The molecule has 0 atom stereocenters. The van der Waals surface area contributed by atoms with Crippen molar-refractivity contribution >= 4 is 40.7 Å². The first-order valence-electron chi connectivity index (χ1n) is 1.41. The van der Waals surface area contributed by atoms with Gasteiger partial charge in [0.25, 0.3) is 0 Å². The Balaban J connectivity index is 7.11. The van der Waals surface area contributed by atoms with E-state index in [1.807, 2.05) is 0 Å². The zero-order valence-corrected chi connectivity index (χ0v) is 8.74. The second kappa shape index (κ2) is 2.51. The molecule has 0 aromatic heterocycles. The molecule has 9 heavy (non-hydrogen) atoms. The summed E-state index contributed by atoms with van der Waals surface area (Å²) in [5.41, 5.74) is 0. The molecule has 0 saturated carbocycles. The number of rotatable bonds is 0. The van der Waals surface area contributed by atoms with Crippen molar-refractivity contribution in [3.05, 3.63) is 0 Å². The number of hydrogen-bond acceptors (Lipinski definition) is 3. The van der Waals surface area contributed by atoms with Crippen molar-refractivity contribution in [3.8, 4) is 0 Å². The molecule has 0 aliphatic heterocycles. The first-order valence-corrected chi connectivity index (χ1v) is 12.0. The van der Waals surface area contributed by atoms with Crippen LogP contribution in [-0.4, -0.2) is 13.4 Å². The van der Waals surface area contributed by atoms with Crippen molar-refractivity contribution in [2.45, 2.75) is 0 Å². The molecule has 0 amide bonds. The number of carbonyl (C=O) groups excluding carboxylic acids is 3. The molecule has 6 heteroatoms. The van der Waals surface area contributed by atoms with Gasteiger partial charge in [0.05, 0.1) is 0 Å². The monoisotopic (exact) mass is 344 g/mol. The SMILES string of the molecule is O=[C]=[Ru]([Br])([Br])(=[C]=O)=[C]=O. The van der Waals surface area contributed by atoms with Gasteiger partial charge in [0.1, 0.15) is 0 Å². The fourth-order valence-electron chi connectivity index (χ4n) is 0.0442. The van der Waals surface area contributed by atoms with Gasteiger partial charge in [-0.1, -0.05) is 0 Å². The Morgan fingerprint density at radius 3 is 1.11 bits per heavy atom. The zero-order chi connectivity index (χ0) is 7.57. The molecule has 0 spiro atoms. The van der Waals surface area contributed by atoms with Gasteiger partial charge in [0, 0.05) is 0 Å². The third kappa shape index (κ3) is 2.19. The van der Waals surface area contributed by atoms with Crippen LogP contribution in [-0.2, 0) is 22.7 Å². The zero-order valence-electron chi connectivity index (χ0n) is 3.83. The summed E-state index contributed by atoms with van der Waals surface area (Å²) in [4.78, 5) is 29.8. The molecule has 0 saturated heterocycles. The molecule has 0 unspecified atom stereocenters. The van der Waals surface area contributed by atoms with Gasteiger partial charge in [-0.15, -0.1) is 0 Å². The van der Waals surface area contributed by atoms with Crippen molar-refractivity contribution in [2.24, 2.45) is 0 Å². The average Bonchev–Trinajstić information content (AvgIpc) is 1.90. The third-order valence-electron chi connectivity index (χ3n) is 0.380. The standard InChI is InChI=1S/3CO.2BrH.Ru/c3*1-2;;;/h;;;2*1H;/q;;;;;+2/p-2. The maximum absolute atomic E-state index is 9.95. The minimum atomic E-state index is -4.41. The van der Waals surface area contributed by atoms with Crippen molar-refractivity contribution in [3.63, 3.8) is 0 Å². The van der Waals surface area contributed by atoms with Gasteiger partial charge in [-0.05, 0) is 0 Å². The van der Waals surface area contributed by atoms with Crippen LogP contribution in [0.5, 0.6) is 0 Å². The Hall–Kier alpha value is 0.323. The van der Waals surface area contributed by atoms with Crippen LogP contribution in [0, 0.1) is 0 Å². The van der Waals surface area contributed by atoms with Gasteiger partial charge in [-0.3, -0.25) is 0 Å². The number of hydrogen-bond donors (Lipinski definition) is 0. The Kier molecular flexibility index (Phi) is 2.61. The van der Waals surface area contributed by atoms with Crippen LogP contribution in [0.1, 0.15) is 0 Å². The normalized spacial score (nSPS) is 13.8. The van der Waals surface area contributed by atoms with E-state index >= 15 is 0 Å². The molecule has 3 nitrogen and oxygen atoms in total. The topological polar surface area (TPSA) is 51.2 Å². The third-order valence-corrected chi connectivity index (χ3v) is 6.31. The van der Waals surface area contributed by atoms with Crippen LogP contribution in [0.3, 0.4) is 0 Å². The molecule has 0 rings (SSSR count). The second-order valence-electron chi connectivity index (χ2n) is 0.933. The predicted octanol–water partition coefficient (Wildman–Crippen LogP) is 0.497. The summed E-state index contributed by atoms with van der Waals surface area (Å²) in [7, 11) is -4.41. The van der Waals surface area contributed by atoms with E-state index in [1.165, 1.54) is 13.4 Å². The molecular formula is C3Br2O3Ru. The average molecular weight is 345 g/mol. The van der Waals surface area contributed by atoms with E-state index in [-0.39, 0.29) is 0 Å². The molecular weight excluding hydrogens is 345 g/mol. The molecule has 0 aliphatic carbocycles. The maximum atomic E-state index is 9.95. The first kappa shape index (κ1) is 9.32. The first-order chi connectivity index (χ1) is 3.96. The van der Waals surface area contributed by atoms with E-state index in [2.05, 4.69) is 27.2 Å². The van der Waals surface area contributed by atoms with Crippen molar-refractivity contribution in [1.82, 2.24) is 0 Å². The molecule has 0 bridgehead atoms. The Morgan fingerprint density at radius 2 is 1.11 bits per heavy atom. The van der Waals surface area contributed by atoms with E-state index in [9.17, 15) is 14.4 Å². The Morgan fingerprint density at radius 1 is 0.889 bits per heavy atom. The summed E-state index contributed by atoms with van der Waals surface area (Å²) in [5, 5.41) is 0. The molecule has 0 heterocycles. The molecule has 0 N–H and O–H groups in total. The molecule has 0 radical (unpaired) electrons.